The Morgan fingerprint density at radius 2 is 1.92 bits per heavy atom. The van der Waals surface area contributed by atoms with Crippen molar-refractivity contribution in [2.45, 2.75) is 18.9 Å². The first-order valence-electron chi connectivity index (χ1n) is 4.78. The second-order valence-corrected chi connectivity index (χ2v) is 3.72. The van der Waals surface area contributed by atoms with E-state index in [1.807, 2.05) is 12.1 Å². The van der Waals surface area contributed by atoms with Crippen molar-refractivity contribution >= 4 is 0 Å². The third kappa shape index (κ3) is 1.83. The Hall–Kier alpha value is -1.02. The summed E-state index contributed by atoms with van der Waals surface area (Å²) in [7, 11) is 1.69. The van der Waals surface area contributed by atoms with Crippen LogP contribution in [-0.2, 0) is 0 Å². The highest BCUT2D eigenvalue weighted by atomic mass is 16.5. The van der Waals surface area contributed by atoms with Crippen LogP contribution >= 0.6 is 0 Å². The Bertz CT molecular complexity index is 277. The van der Waals surface area contributed by atoms with Crippen molar-refractivity contribution < 1.29 is 10.5 Å². The largest absolute Gasteiger partial charge is 0.497 e. The maximum atomic E-state index is 5.10. The average Bonchev–Trinajstić information content (AvgIpc) is 3.00. The normalized spacial score (nSPS) is 18.3. The minimum atomic E-state index is 0.478. The summed E-state index contributed by atoms with van der Waals surface area (Å²) >= 11 is 0. The monoisotopic (exact) mass is 178 g/mol. The molecule has 0 bridgehead atoms. The lowest BCUT2D eigenvalue weighted by molar-refractivity contribution is -0.432. The average molecular weight is 178 g/mol. The molecular formula is C11H16NO+. The number of ether oxygens (including phenoxy) is 1. The summed E-state index contributed by atoms with van der Waals surface area (Å²) in [5, 5.41) is 0. The molecule has 3 N–H and O–H groups in total. The molecule has 0 aliphatic heterocycles. The molecule has 1 atom stereocenters. The second kappa shape index (κ2) is 3.38. The van der Waals surface area contributed by atoms with Gasteiger partial charge in [0.2, 0.25) is 0 Å². The van der Waals surface area contributed by atoms with Crippen LogP contribution in [0.1, 0.15) is 24.4 Å². The molecule has 0 spiro atoms. The van der Waals surface area contributed by atoms with E-state index < -0.39 is 0 Å². The molecule has 0 saturated heterocycles. The molecular weight excluding hydrogens is 162 g/mol. The van der Waals surface area contributed by atoms with Gasteiger partial charge in [0.25, 0.3) is 0 Å². The molecule has 0 aromatic heterocycles. The van der Waals surface area contributed by atoms with E-state index in [4.69, 9.17) is 4.74 Å². The van der Waals surface area contributed by atoms with Crippen molar-refractivity contribution in [2.24, 2.45) is 5.92 Å². The van der Waals surface area contributed by atoms with Crippen LogP contribution in [0, 0.1) is 5.92 Å². The van der Waals surface area contributed by atoms with Crippen LogP contribution in [-0.4, -0.2) is 7.11 Å². The molecule has 1 aliphatic carbocycles. The molecule has 0 amide bonds. The smallest absolute Gasteiger partial charge is 0.118 e. The van der Waals surface area contributed by atoms with Gasteiger partial charge in [0, 0.05) is 11.5 Å². The SMILES string of the molecule is COc1ccc([C@@H]([NH3+])C2CC2)cc1. The van der Waals surface area contributed by atoms with Crippen LogP contribution in [0.15, 0.2) is 24.3 Å². The van der Waals surface area contributed by atoms with Crippen molar-refractivity contribution in [3.8, 4) is 5.75 Å². The van der Waals surface area contributed by atoms with Crippen molar-refractivity contribution in [3.63, 3.8) is 0 Å². The van der Waals surface area contributed by atoms with E-state index in [1.54, 1.807) is 7.11 Å². The van der Waals surface area contributed by atoms with Gasteiger partial charge in [-0.1, -0.05) is 0 Å². The summed E-state index contributed by atoms with van der Waals surface area (Å²) < 4.78 is 5.10. The fraction of sp³-hybridized carbons (Fsp3) is 0.455. The molecule has 1 fully saturated rings. The molecule has 1 aliphatic rings. The predicted octanol–water partition coefficient (Wildman–Crippen LogP) is 1.39. The van der Waals surface area contributed by atoms with Gasteiger partial charge in [-0.3, -0.25) is 0 Å². The van der Waals surface area contributed by atoms with Crippen LogP contribution in [0.2, 0.25) is 0 Å². The molecule has 2 rings (SSSR count). The van der Waals surface area contributed by atoms with Gasteiger partial charge in [-0.25, -0.2) is 0 Å². The van der Waals surface area contributed by atoms with Gasteiger partial charge in [-0.2, -0.15) is 0 Å². The number of hydrogen-bond acceptors (Lipinski definition) is 1. The van der Waals surface area contributed by atoms with Crippen molar-refractivity contribution in [1.82, 2.24) is 0 Å². The van der Waals surface area contributed by atoms with Crippen LogP contribution in [0.25, 0.3) is 0 Å². The highest BCUT2D eigenvalue weighted by Gasteiger charge is 2.32. The molecule has 0 heterocycles. The van der Waals surface area contributed by atoms with E-state index in [9.17, 15) is 0 Å². The fourth-order valence-corrected chi connectivity index (χ4v) is 1.62. The van der Waals surface area contributed by atoms with E-state index in [-0.39, 0.29) is 0 Å². The van der Waals surface area contributed by atoms with Gasteiger partial charge in [0.1, 0.15) is 11.8 Å². The van der Waals surface area contributed by atoms with Crippen LogP contribution < -0.4 is 10.5 Å². The van der Waals surface area contributed by atoms with E-state index in [0.717, 1.165) is 11.7 Å². The highest BCUT2D eigenvalue weighted by molar-refractivity contribution is 5.28. The fourth-order valence-electron chi connectivity index (χ4n) is 1.62. The lowest BCUT2D eigenvalue weighted by Gasteiger charge is -2.07. The Morgan fingerprint density at radius 3 is 2.38 bits per heavy atom. The number of rotatable bonds is 3. The zero-order valence-corrected chi connectivity index (χ0v) is 7.99. The molecule has 0 radical (unpaired) electrons. The maximum absolute atomic E-state index is 5.10. The first-order chi connectivity index (χ1) is 6.31. The molecule has 70 valence electrons. The van der Waals surface area contributed by atoms with Crippen molar-refractivity contribution in [1.29, 1.82) is 0 Å². The second-order valence-electron chi connectivity index (χ2n) is 3.72. The van der Waals surface area contributed by atoms with E-state index in [2.05, 4.69) is 17.9 Å². The molecule has 2 heteroatoms. The summed E-state index contributed by atoms with van der Waals surface area (Å²) in [6.07, 6.45) is 2.69. The first-order valence-corrected chi connectivity index (χ1v) is 4.78. The predicted molar refractivity (Wildman–Crippen MR) is 51.3 cm³/mol. The Balaban J connectivity index is 2.11. The van der Waals surface area contributed by atoms with Gasteiger partial charge in [-0.15, -0.1) is 0 Å². The Kier molecular flexibility index (Phi) is 2.23. The third-order valence-electron chi connectivity index (χ3n) is 2.73. The summed E-state index contributed by atoms with van der Waals surface area (Å²) in [5.74, 6) is 1.75. The molecule has 13 heavy (non-hydrogen) atoms. The standard InChI is InChI=1S/C11H15NO/c1-13-10-6-4-9(5-7-10)11(12)8-2-3-8/h4-8,11H,2-3,12H2,1H3/p+1/t11-/m0/s1. The van der Waals surface area contributed by atoms with Gasteiger partial charge < -0.3 is 10.5 Å². The van der Waals surface area contributed by atoms with E-state index in [0.29, 0.717) is 6.04 Å². The third-order valence-corrected chi connectivity index (χ3v) is 2.73. The molecule has 0 unspecified atom stereocenters. The summed E-state index contributed by atoms with van der Waals surface area (Å²) in [5.41, 5.74) is 5.52. The summed E-state index contributed by atoms with van der Waals surface area (Å²) in [6.45, 7) is 0. The van der Waals surface area contributed by atoms with Crippen molar-refractivity contribution in [3.05, 3.63) is 29.8 Å². The highest BCUT2D eigenvalue weighted by Crippen LogP contribution is 2.38. The van der Waals surface area contributed by atoms with Gasteiger partial charge in [0.05, 0.1) is 7.11 Å². The lowest BCUT2D eigenvalue weighted by Crippen LogP contribution is -2.54. The van der Waals surface area contributed by atoms with Crippen LogP contribution in [0.3, 0.4) is 0 Å². The van der Waals surface area contributed by atoms with E-state index in [1.165, 1.54) is 18.4 Å². The lowest BCUT2D eigenvalue weighted by atomic mass is 10.0. The van der Waals surface area contributed by atoms with Gasteiger partial charge >= 0.3 is 0 Å². The minimum Gasteiger partial charge on any atom is -0.497 e. The first kappa shape index (κ1) is 8.57. The number of benzene rings is 1. The molecule has 1 saturated carbocycles. The number of methoxy groups -OCH3 is 1. The Labute approximate surface area is 78.7 Å². The number of quaternary nitrogens is 1. The summed E-state index contributed by atoms with van der Waals surface area (Å²) in [4.78, 5) is 0. The van der Waals surface area contributed by atoms with Crippen molar-refractivity contribution in [2.75, 3.05) is 7.11 Å². The topological polar surface area (TPSA) is 36.9 Å². The van der Waals surface area contributed by atoms with Crippen LogP contribution in [0.4, 0.5) is 0 Å². The summed E-state index contributed by atoms with van der Waals surface area (Å²) in [6, 6.07) is 8.74. The van der Waals surface area contributed by atoms with Gasteiger partial charge in [-0.05, 0) is 37.1 Å². The Morgan fingerprint density at radius 1 is 1.31 bits per heavy atom. The number of hydrogen-bond donors (Lipinski definition) is 1. The molecule has 1 aromatic carbocycles. The van der Waals surface area contributed by atoms with Gasteiger partial charge in [0.15, 0.2) is 0 Å². The zero-order valence-electron chi connectivity index (χ0n) is 7.99. The quantitative estimate of drug-likeness (QED) is 0.746. The van der Waals surface area contributed by atoms with Crippen LogP contribution in [0.5, 0.6) is 5.75 Å². The minimum absolute atomic E-state index is 0.478. The zero-order chi connectivity index (χ0) is 9.26. The maximum Gasteiger partial charge on any atom is 0.118 e. The van der Waals surface area contributed by atoms with E-state index >= 15 is 0 Å². The molecule has 2 nitrogen and oxygen atoms in total. The molecule has 1 aromatic rings.